The van der Waals surface area contributed by atoms with Crippen LogP contribution in [0.3, 0.4) is 0 Å². The molecule has 4 rings (SSSR count). The molecule has 0 heterocycles. The number of rotatable bonds is 13. The van der Waals surface area contributed by atoms with E-state index < -0.39 is 40.2 Å². The zero-order valence-corrected chi connectivity index (χ0v) is 27.2. The third-order valence-electron chi connectivity index (χ3n) is 7.03. The van der Waals surface area contributed by atoms with Crippen molar-refractivity contribution in [2.75, 3.05) is 17.4 Å². The lowest BCUT2D eigenvalue weighted by Crippen LogP contribution is -2.53. The van der Waals surface area contributed by atoms with Crippen molar-refractivity contribution >= 4 is 50.7 Å². The van der Waals surface area contributed by atoms with E-state index in [1.807, 2.05) is 44.2 Å². The van der Waals surface area contributed by atoms with Crippen LogP contribution in [0, 0.1) is 11.7 Å². The first-order chi connectivity index (χ1) is 21.5. The first kappa shape index (κ1) is 34.0. The zero-order chi connectivity index (χ0) is 32.6. The fraction of sp³-hybridized carbons (Fsp3) is 0.235. The van der Waals surface area contributed by atoms with Gasteiger partial charge in [0.1, 0.15) is 18.4 Å². The van der Waals surface area contributed by atoms with Crippen LogP contribution in [0.2, 0.25) is 10.0 Å². The summed E-state index contributed by atoms with van der Waals surface area (Å²) >= 11 is 12.3. The van der Waals surface area contributed by atoms with Crippen molar-refractivity contribution in [2.45, 2.75) is 37.8 Å². The quantitative estimate of drug-likeness (QED) is 0.171. The van der Waals surface area contributed by atoms with Crippen LogP contribution in [0.5, 0.6) is 0 Å². The van der Waals surface area contributed by atoms with Crippen molar-refractivity contribution < 1.29 is 22.4 Å². The molecule has 236 valence electrons. The highest BCUT2D eigenvalue weighted by Crippen LogP contribution is 2.28. The van der Waals surface area contributed by atoms with Crippen LogP contribution >= 0.6 is 23.2 Å². The van der Waals surface area contributed by atoms with Gasteiger partial charge in [-0.3, -0.25) is 13.9 Å². The Hall–Kier alpha value is -3.92. The number of nitrogens with one attached hydrogen (secondary N) is 1. The highest BCUT2D eigenvalue weighted by atomic mass is 35.5. The van der Waals surface area contributed by atoms with Crippen LogP contribution in [0.25, 0.3) is 0 Å². The van der Waals surface area contributed by atoms with Crippen LogP contribution in [0.15, 0.2) is 108 Å². The van der Waals surface area contributed by atoms with Gasteiger partial charge in [0, 0.05) is 35.1 Å². The molecular weight excluding hydrogens is 636 g/mol. The first-order valence-electron chi connectivity index (χ1n) is 14.3. The molecule has 0 saturated heterocycles. The van der Waals surface area contributed by atoms with E-state index in [9.17, 15) is 18.0 Å². The third-order valence-corrected chi connectivity index (χ3v) is 9.31. The van der Waals surface area contributed by atoms with Crippen molar-refractivity contribution in [1.82, 2.24) is 10.2 Å². The van der Waals surface area contributed by atoms with E-state index in [0.29, 0.717) is 11.6 Å². The van der Waals surface area contributed by atoms with Crippen LogP contribution in [0.4, 0.5) is 10.1 Å². The molecule has 11 heteroatoms. The van der Waals surface area contributed by atoms with Gasteiger partial charge in [-0.15, -0.1) is 0 Å². The van der Waals surface area contributed by atoms with Crippen LogP contribution in [0.1, 0.15) is 25.0 Å². The van der Waals surface area contributed by atoms with Gasteiger partial charge in [0.15, 0.2) is 0 Å². The number of amides is 2. The van der Waals surface area contributed by atoms with Gasteiger partial charge in [0.05, 0.1) is 10.6 Å². The highest BCUT2D eigenvalue weighted by Gasteiger charge is 2.35. The minimum absolute atomic E-state index is 0.101. The Bertz CT molecular complexity index is 1720. The monoisotopic (exact) mass is 669 g/mol. The molecule has 7 nitrogen and oxygen atoms in total. The second-order valence-corrected chi connectivity index (χ2v) is 13.6. The summed E-state index contributed by atoms with van der Waals surface area (Å²) in [5, 5.41) is 3.50. The predicted octanol–water partition coefficient (Wildman–Crippen LogP) is 6.74. The number of hydrogen-bond donors (Lipinski definition) is 1. The molecule has 4 aromatic rings. The lowest BCUT2D eigenvalue weighted by atomic mass is 10.0. The predicted molar refractivity (Wildman–Crippen MR) is 176 cm³/mol. The van der Waals surface area contributed by atoms with E-state index >= 15 is 4.39 Å². The SMILES string of the molecule is CC(C)CNC(=O)[C@H](Cc1ccccc1)N(Cc1ccccc1F)C(=O)CN(c1cccc(Cl)c1)S(=O)(=O)c1ccc(Cl)cc1. The largest absolute Gasteiger partial charge is 0.354 e. The third kappa shape index (κ3) is 9.06. The number of anilines is 1. The summed E-state index contributed by atoms with van der Waals surface area (Å²) in [6.07, 6.45) is 0.117. The van der Waals surface area contributed by atoms with E-state index in [2.05, 4.69) is 5.32 Å². The maximum atomic E-state index is 15.0. The number of nitrogens with zero attached hydrogens (tertiary/aromatic N) is 2. The van der Waals surface area contributed by atoms with E-state index in [0.717, 1.165) is 9.87 Å². The topological polar surface area (TPSA) is 86.8 Å². The van der Waals surface area contributed by atoms with Crippen LogP contribution < -0.4 is 9.62 Å². The molecule has 0 aliphatic heterocycles. The lowest BCUT2D eigenvalue weighted by molar-refractivity contribution is -0.140. The molecule has 2 amide bonds. The van der Waals surface area contributed by atoms with Gasteiger partial charge < -0.3 is 10.2 Å². The number of hydrogen-bond acceptors (Lipinski definition) is 4. The molecule has 0 radical (unpaired) electrons. The Morgan fingerprint density at radius 2 is 1.51 bits per heavy atom. The standard InChI is InChI=1S/C34H34Cl2FN3O4S/c1-24(2)21-38-34(42)32(19-25-9-4-3-5-10-25)39(22-26-11-6-7-14-31(26)37)33(41)23-40(29-13-8-12-28(36)20-29)45(43,44)30-17-15-27(35)16-18-30/h3-18,20,24,32H,19,21-23H2,1-2H3,(H,38,42)/t32-/m0/s1. The number of benzene rings is 4. The second kappa shape index (κ2) is 15.4. The Kier molecular flexibility index (Phi) is 11.6. The lowest BCUT2D eigenvalue weighted by Gasteiger charge is -2.34. The van der Waals surface area contributed by atoms with Gasteiger partial charge in [0.2, 0.25) is 11.8 Å². The normalized spacial score (nSPS) is 12.0. The number of carbonyl (C=O) groups is 2. The Labute approximate surface area is 273 Å². The number of sulfonamides is 1. The van der Waals surface area contributed by atoms with Gasteiger partial charge in [0.25, 0.3) is 10.0 Å². The average molecular weight is 671 g/mol. The average Bonchev–Trinajstić information content (AvgIpc) is 3.01. The van der Waals surface area contributed by atoms with Crippen molar-refractivity contribution in [3.05, 3.63) is 130 Å². The molecule has 45 heavy (non-hydrogen) atoms. The van der Waals surface area contributed by atoms with Crippen molar-refractivity contribution in [3.8, 4) is 0 Å². The molecule has 0 aliphatic carbocycles. The van der Waals surface area contributed by atoms with E-state index in [1.54, 1.807) is 18.2 Å². The zero-order valence-electron chi connectivity index (χ0n) is 24.9. The molecule has 0 bridgehead atoms. The molecular formula is C34H34Cl2FN3O4S. The highest BCUT2D eigenvalue weighted by molar-refractivity contribution is 7.92. The van der Waals surface area contributed by atoms with Crippen molar-refractivity contribution in [1.29, 1.82) is 0 Å². The van der Waals surface area contributed by atoms with Gasteiger partial charge in [-0.25, -0.2) is 12.8 Å². The summed E-state index contributed by atoms with van der Waals surface area (Å²) in [6, 6.07) is 25.7. The first-order valence-corrected chi connectivity index (χ1v) is 16.5. The van der Waals surface area contributed by atoms with Gasteiger partial charge in [-0.05, 0) is 60.0 Å². The molecule has 0 spiro atoms. The van der Waals surface area contributed by atoms with E-state index in [1.165, 1.54) is 59.5 Å². The second-order valence-electron chi connectivity index (χ2n) is 10.9. The summed E-state index contributed by atoms with van der Waals surface area (Å²) in [5.41, 5.74) is 1.09. The Morgan fingerprint density at radius 1 is 0.844 bits per heavy atom. The Balaban J connectivity index is 1.81. The van der Waals surface area contributed by atoms with Crippen molar-refractivity contribution in [2.24, 2.45) is 5.92 Å². The fourth-order valence-corrected chi connectivity index (χ4v) is 6.40. The Morgan fingerprint density at radius 3 is 2.16 bits per heavy atom. The molecule has 0 aliphatic rings. The van der Waals surface area contributed by atoms with Gasteiger partial charge in [-0.1, -0.05) is 91.6 Å². The molecule has 0 unspecified atom stereocenters. The molecule has 0 saturated carbocycles. The molecule has 1 atom stereocenters. The maximum Gasteiger partial charge on any atom is 0.264 e. The molecule has 0 fully saturated rings. The van der Waals surface area contributed by atoms with Gasteiger partial charge in [-0.2, -0.15) is 0 Å². The molecule has 4 aromatic carbocycles. The maximum absolute atomic E-state index is 15.0. The van der Waals surface area contributed by atoms with Crippen LogP contribution in [-0.2, 0) is 32.6 Å². The van der Waals surface area contributed by atoms with Crippen LogP contribution in [-0.4, -0.2) is 44.3 Å². The summed E-state index contributed by atoms with van der Waals surface area (Å²) in [5.74, 6) is -1.58. The molecule has 1 N–H and O–H groups in total. The number of carbonyl (C=O) groups excluding carboxylic acids is 2. The summed E-state index contributed by atoms with van der Waals surface area (Å²) < 4.78 is 44.0. The minimum atomic E-state index is -4.33. The summed E-state index contributed by atoms with van der Waals surface area (Å²) in [4.78, 5) is 29.3. The van der Waals surface area contributed by atoms with Gasteiger partial charge >= 0.3 is 0 Å². The van der Waals surface area contributed by atoms with Crippen molar-refractivity contribution in [3.63, 3.8) is 0 Å². The fourth-order valence-electron chi connectivity index (χ4n) is 4.68. The van der Waals surface area contributed by atoms with E-state index in [-0.39, 0.29) is 40.1 Å². The summed E-state index contributed by atoms with van der Waals surface area (Å²) in [6.45, 7) is 3.27. The minimum Gasteiger partial charge on any atom is -0.354 e. The molecule has 0 aromatic heterocycles. The smallest absolute Gasteiger partial charge is 0.264 e. The summed E-state index contributed by atoms with van der Waals surface area (Å²) in [7, 11) is -4.33. The number of halogens is 3. The van der Waals surface area contributed by atoms with E-state index in [4.69, 9.17) is 23.2 Å².